The second-order valence-electron chi connectivity index (χ2n) is 7.14. The minimum absolute atomic E-state index is 0.329. The van der Waals surface area contributed by atoms with Crippen LogP contribution in [-0.2, 0) is 25.4 Å². The van der Waals surface area contributed by atoms with Crippen LogP contribution in [0.4, 0.5) is 0 Å². The Kier molecular flexibility index (Phi) is 7.13. The molecular weight excluding hydrogens is 394 g/mol. The maximum Gasteiger partial charge on any atom is 0.317 e. The number of ether oxygens (including phenoxy) is 3. The summed E-state index contributed by atoms with van der Waals surface area (Å²) in [5, 5.41) is 0. The second-order valence-corrected chi connectivity index (χ2v) is 7.14. The van der Waals surface area contributed by atoms with E-state index in [1.165, 1.54) is 7.11 Å². The molecular formula is C25H27NO5. The first-order chi connectivity index (χ1) is 15.0. The predicted octanol–water partition coefficient (Wildman–Crippen LogP) is 4.77. The fraction of sp³-hybridized carbons (Fsp3) is 0.280. The van der Waals surface area contributed by atoms with Gasteiger partial charge in [0.15, 0.2) is 0 Å². The van der Waals surface area contributed by atoms with Gasteiger partial charge in [-0.25, -0.2) is 4.98 Å². The number of hydrogen-bond acceptors (Lipinski definition) is 6. The number of methoxy groups -OCH3 is 1. The molecule has 1 fully saturated rings. The molecule has 1 aromatic rings. The smallest absolute Gasteiger partial charge is 0.317 e. The number of oxazole rings is 1. The summed E-state index contributed by atoms with van der Waals surface area (Å²) in [5.74, 6) is 1.52. The molecule has 2 heterocycles. The van der Waals surface area contributed by atoms with Crippen molar-refractivity contribution in [2.24, 2.45) is 5.92 Å². The normalized spacial score (nSPS) is 20.6. The molecule has 1 aliphatic heterocycles. The largest absolute Gasteiger partial charge is 0.501 e. The van der Waals surface area contributed by atoms with E-state index in [0.29, 0.717) is 36.9 Å². The number of aryl methyl sites for hydroxylation is 1. The van der Waals surface area contributed by atoms with Crippen LogP contribution >= 0.6 is 0 Å². The molecule has 0 bridgehead atoms. The molecule has 0 spiro atoms. The maximum absolute atomic E-state index is 12.2. The van der Waals surface area contributed by atoms with Gasteiger partial charge in [0, 0.05) is 12.0 Å². The Morgan fingerprint density at radius 1 is 1.35 bits per heavy atom. The van der Waals surface area contributed by atoms with E-state index in [0.717, 1.165) is 22.6 Å². The molecule has 2 unspecified atom stereocenters. The van der Waals surface area contributed by atoms with Gasteiger partial charge in [-0.3, -0.25) is 4.79 Å². The molecule has 3 rings (SSSR count). The molecule has 162 valence electrons. The lowest BCUT2D eigenvalue weighted by Gasteiger charge is -2.29. The van der Waals surface area contributed by atoms with Crippen LogP contribution in [0.3, 0.4) is 0 Å². The second kappa shape index (κ2) is 9.98. The van der Waals surface area contributed by atoms with E-state index in [4.69, 9.17) is 18.6 Å². The Hall–Kier alpha value is -3.54. The summed E-state index contributed by atoms with van der Waals surface area (Å²) in [6.07, 6.45) is 13.3. The van der Waals surface area contributed by atoms with Crippen LogP contribution in [-0.4, -0.2) is 30.8 Å². The van der Waals surface area contributed by atoms with Crippen molar-refractivity contribution in [2.75, 3.05) is 13.7 Å². The molecule has 0 radical (unpaired) electrons. The van der Waals surface area contributed by atoms with Gasteiger partial charge in [-0.2, -0.15) is 0 Å². The number of fused-ring (bicyclic) bond motifs is 1. The molecule has 0 aromatic carbocycles. The topological polar surface area (TPSA) is 70.8 Å². The monoisotopic (exact) mass is 421 g/mol. The molecule has 2 atom stereocenters. The number of carbonyl (C=O) groups is 1. The van der Waals surface area contributed by atoms with Crippen molar-refractivity contribution < 1.29 is 23.4 Å². The molecule has 1 aromatic heterocycles. The molecule has 6 nitrogen and oxygen atoms in total. The van der Waals surface area contributed by atoms with E-state index in [2.05, 4.69) is 24.7 Å². The van der Waals surface area contributed by atoms with Gasteiger partial charge < -0.3 is 18.6 Å². The Morgan fingerprint density at radius 2 is 2.16 bits per heavy atom. The van der Waals surface area contributed by atoms with Crippen molar-refractivity contribution in [1.82, 2.24) is 4.98 Å². The fourth-order valence-electron chi connectivity index (χ4n) is 3.36. The average molecular weight is 421 g/mol. The van der Waals surface area contributed by atoms with Crippen LogP contribution in [0.15, 0.2) is 83.8 Å². The van der Waals surface area contributed by atoms with Crippen LogP contribution in [0.5, 0.6) is 0 Å². The summed E-state index contributed by atoms with van der Waals surface area (Å²) in [5.41, 5.74) is 2.57. The van der Waals surface area contributed by atoms with Crippen molar-refractivity contribution in [3.63, 3.8) is 0 Å². The van der Waals surface area contributed by atoms with Gasteiger partial charge in [-0.15, -0.1) is 0 Å². The highest BCUT2D eigenvalue weighted by atomic mass is 16.5. The molecule has 6 heteroatoms. The summed E-state index contributed by atoms with van der Waals surface area (Å²) >= 11 is 0. The van der Waals surface area contributed by atoms with Gasteiger partial charge in [0.25, 0.3) is 0 Å². The third kappa shape index (κ3) is 5.15. The van der Waals surface area contributed by atoms with E-state index < -0.39 is 12.0 Å². The third-order valence-electron chi connectivity index (χ3n) is 5.15. The number of hydrogen-bond donors (Lipinski definition) is 0. The zero-order valence-corrected chi connectivity index (χ0v) is 17.9. The number of rotatable bonds is 9. The van der Waals surface area contributed by atoms with Crippen molar-refractivity contribution in [3.05, 3.63) is 96.7 Å². The highest BCUT2D eigenvalue weighted by Gasteiger charge is 2.35. The third-order valence-corrected chi connectivity index (χ3v) is 5.15. The fourth-order valence-corrected chi connectivity index (χ4v) is 3.36. The van der Waals surface area contributed by atoms with Crippen LogP contribution < -0.4 is 0 Å². The molecule has 0 amide bonds. The first-order valence-corrected chi connectivity index (χ1v) is 10.0. The minimum Gasteiger partial charge on any atom is -0.501 e. The first kappa shape index (κ1) is 22.2. The van der Waals surface area contributed by atoms with E-state index in [9.17, 15) is 4.79 Å². The van der Waals surface area contributed by atoms with Gasteiger partial charge in [0.05, 0.1) is 19.4 Å². The molecule has 2 aliphatic rings. The van der Waals surface area contributed by atoms with Crippen LogP contribution in [0.25, 0.3) is 5.57 Å². The van der Waals surface area contributed by atoms with Crippen LogP contribution in [0, 0.1) is 12.8 Å². The Morgan fingerprint density at radius 3 is 2.87 bits per heavy atom. The predicted molar refractivity (Wildman–Crippen MR) is 119 cm³/mol. The standard InChI is InChI=1S/C25H27NO5/c1-6-8-18(7-2)24-26-22(17(4)30-24)13-14-29-20-10-9-19-15-21(16(3)28-5)25(27)31-23(19)12-11-20/h6-12,21,23H,1-3,13-15H2,4-5H3/b18-8+. The summed E-state index contributed by atoms with van der Waals surface area (Å²) in [6, 6.07) is 0. The number of carbonyl (C=O) groups excluding carboxylic acids is 1. The average Bonchev–Trinajstić information content (AvgIpc) is 3.01. The van der Waals surface area contributed by atoms with Crippen LogP contribution in [0.2, 0.25) is 0 Å². The van der Waals surface area contributed by atoms with E-state index in [1.54, 1.807) is 18.2 Å². The van der Waals surface area contributed by atoms with E-state index in [1.807, 2.05) is 31.2 Å². The van der Waals surface area contributed by atoms with Gasteiger partial charge in [0.2, 0.25) is 5.89 Å². The van der Waals surface area contributed by atoms with Gasteiger partial charge in [-0.05, 0) is 37.1 Å². The van der Waals surface area contributed by atoms with Gasteiger partial charge in [0.1, 0.15) is 29.3 Å². The Labute approximate surface area is 182 Å². The summed E-state index contributed by atoms with van der Waals surface area (Å²) in [6.45, 7) is 13.6. The lowest BCUT2D eigenvalue weighted by Crippen LogP contribution is -2.33. The maximum atomic E-state index is 12.2. The lowest BCUT2D eigenvalue weighted by molar-refractivity contribution is -0.153. The molecule has 1 aliphatic carbocycles. The molecule has 0 saturated carbocycles. The highest BCUT2D eigenvalue weighted by molar-refractivity contribution is 5.77. The van der Waals surface area contributed by atoms with Crippen molar-refractivity contribution >= 4 is 11.5 Å². The summed E-state index contributed by atoms with van der Waals surface area (Å²) in [7, 11) is 1.50. The van der Waals surface area contributed by atoms with E-state index >= 15 is 0 Å². The highest BCUT2D eigenvalue weighted by Crippen LogP contribution is 2.32. The zero-order chi connectivity index (χ0) is 22.4. The Bertz CT molecular complexity index is 1010. The zero-order valence-electron chi connectivity index (χ0n) is 17.9. The molecule has 1 saturated heterocycles. The Balaban J connectivity index is 1.63. The molecule has 31 heavy (non-hydrogen) atoms. The number of aromatic nitrogens is 1. The minimum atomic E-state index is -0.489. The van der Waals surface area contributed by atoms with Crippen molar-refractivity contribution in [1.29, 1.82) is 0 Å². The first-order valence-electron chi connectivity index (χ1n) is 10.0. The summed E-state index contributed by atoms with van der Waals surface area (Å²) in [4.78, 5) is 16.8. The summed E-state index contributed by atoms with van der Waals surface area (Å²) < 4.78 is 22.3. The number of allylic oxidation sites excluding steroid dienone is 7. The number of esters is 1. The lowest BCUT2D eigenvalue weighted by atomic mass is 9.91. The van der Waals surface area contributed by atoms with Gasteiger partial charge in [-0.1, -0.05) is 44.0 Å². The van der Waals surface area contributed by atoms with Crippen LogP contribution in [0.1, 0.15) is 23.8 Å². The van der Waals surface area contributed by atoms with Crippen molar-refractivity contribution in [3.8, 4) is 0 Å². The quantitative estimate of drug-likeness (QED) is 0.325. The van der Waals surface area contributed by atoms with Gasteiger partial charge >= 0.3 is 5.97 Å². The van der Waals surface area contributed by atoms with E-state index in [-0.39, 0.29) is 5.97 Å². The number of nitrogens with zero attached hydrogens (tertiary/aromatic N) is 1. The SMILES string of the molecule is C=C/C=C(\C=C)c1nc(CCOC2=CC=C3CC(C(=C)OC)C(=O)OC3C=C2)c(C)o1. The van der Waals surface area contributed by atoms with Crippen molar-refractivity contribution in [2.45, 2.75) is 25.9 Å². The molecule has 0 N–H and O–H groups in total.